The summed E-state index contributed by atoms with van der Waals surface area (Å²) in [5.41, 5.74) is 0. The molecule has 0 radical (unpaired) electrons. The fourth-order valence-electron chi connectivity index (χ4n) is 0.830. The van der Waals surface area contributed by atoms with Crippen LogP contribution >= 0.6 is 0 Å². The molecular weight excluding hydrogens is 258 g/mol. The third kappa shape index (κ3) is 6.39. The highest BCUT2D eigenvalue weighted by Gasteiger charge is 2.25. The number of aliphatic carboxylic acids is 1. The summed E-state index contributed by atoms with van der Waals surface area (Å²) in [7, 11) is -7.98. The fourth-order valence-corrected chi connectivity index (χ4v) is 3.97. The summed E-state index contributed by atoms with van der Waals surface area (Å²) in [6.45, 7) is 0. The zero-order chi connectivity index (χ0) is 13.0. The van der Waals surface area contributed by atoms with Gasteiger partial charge in [0.25, 0.3) is 0 Å². The first-order valence-corrected chi connectivity index (χ1v) is 7.62. The molecule has 0 fully saturated rings. The van der Waals surface area contributed by atoms with Crippen LogP contribution in [0.5, 0.6) is 0 Å². The topological polar surface area (TPSA) is 118 Å². The van der Waals surface area contributed by atoms with Gasteiger partial charge in [-0.1, -0.05) is 0 Å². The van der Waals surface area contributed by atoms with E-state index >= 15 is 0 Å². The Bertz CT molecular complexity index is 497. The van der Waals surface area contributed by atoms with Gasteiger partial charge in [0.2, 0.25) is 10.0 Å². The molecule has 0 bridgehead atoms. The lowest BCUT2D eigenvalue weighted by Crippen LogP contribution is -2.42. The van der Waals surface area contributed by atoms with Gasteiger partial charge in [-0.25, -0.2) is 16.8 Å². The van der Waals surface area contributed by atoms with Crippen LogP contribution in [-0.2, 0) is 24.7 Å². The van der Waals surface area contributed by atoms with Gasteiger partial charge in [0, 0.05) is 12.7 Å². The number of rotatable bonds is 6. The number of carboxylic acids is 1. The van der Waals surface area contributed by atoms with Gasteiger partial charge in [0.1, 0.15) is 6.04 Å². The Morgan fingerprint density at radius 3 is 2.25 bits per heavy atom. The number of nitrogens with one attached hydrogen (secondary N) is 1. The molecular formula is C7H11NO6S2. The summed E-state index contributed by atoms with van der Waals surface area (Å²) in [5, 5.41) is 7.42. The first-order chi connectivity index (χ1) is 7.07. The highest BCUT2D eigenvalue weighted by atomic mass is 32.3. The van der Waals surface area contributed by atoms with Crippen LogP contribution < -0.4 is 4.72 Å². The lowest BCUT2D eigenvalue weighted by molar-refractivity contribution is -0.138. The molecule has 0 rings (SSSR count). The lowest BCUT2D eigenvalue weighted by atomic mass is 10.2. The second-order valence-electron chi connectivity index (χ2n) is 3.08. The van der Waals surface area contributed by atoms with Crippen molar-refractivity contribution in [2.75, 3.05) is 11.3 Å². The van der Waals surface area contributed by atoms with Crippen LogP contribution in [0.1, 0.15) is 6.42 Å². The van der Waals surface area contributed by atoms with Gasteiger partial charge in [-0.3, -0.25) is 4.79 Å². The molecule has 0 saturated heterocycles. The van der Waals surface area contributed by atoms with Crippen molar-refractivity contribution < 1.29 is 26.7 Å². The van der Waals surface area contributed by atoms with Crippen molar-refractivity contribution in [1.29, 1.82) is 0 Å². The number of sulfonamides is 1. The van der Waals surface area contributed by atoms with E-state index in [1.54, 1.807) is 4.72 Å². The maximum atomic E-state index is 11.2. The summed E-state index contributed by atoms with van der Waals surface area (Å²) in [5.74, 6) is 0.514. The van der Waals surface area contributed by atoms with Gasteiger partial charge in [-0.15, -0.1) is 12.3 Å². The van der Waals surface area contributed by atoms with Crippen LogP contribution in [0.3, 0.4) is 0 Å². The average Bonchev–Trinajstić information content (AvgIpc) is 1.97. The van der Waals surface area contributed by atoms with Crippen molar-refractivity contribution in [3.05, 3.63) is 0 Å². The van der Waals surface area contributed by atoms with Crippen molar-refractivity contribution in [1.82, 2.24) is 4.72 Å². The molecule has 0 aromatic heterocycles. The molecule has 0 aliphatic rings. The zero-order valence-corrected chi connectivity index (χ0v) is 10.0. The number of hydrogen-bond acceptors (Lipinski definition) is 5. The maximum Gasteiger partial charge on any atom is 0.322 e. The van der Waals surface area contributed by atoms with Crippen LogP contribution in [-0.4, -0.2) is 45.3 Å². The molecule has 0 aliphatic heterocycles. The minimum Gasteiger partial charge on any atom is -0.480 e. The summed E-state index contributed by atoms with van der Waals surface area (Å²) in [6.07, 6.45) is 5.21. The second kappa shape index (κ2) is 5.29. The van der Waals surface area contributed by atoms with Crippen molar-refractivity contribution in [3.63, 3.8) is 0 Å². The number of carbonyl (C=O) groups is 1. The predicted molar refractivity (Wildman–Crippen MR) is 56.6 cm³/mol. The lowest BCUT2D eigenvalue weighted by Gasteiger charge is -2.11. The van der Waals surface area contributed by atoms with Gasteiger partial charge in [-0.2, -0.15) is 4.72 Å². The Hall–Kier alpha value is -1.11. The van der Waals surface area contributed by atoms with Crippen molar-refractivity contribution in [2.45, 2.75) is 12.5 Å². The van der Waals surface area contributed by atoms with E-state index in [1.165, 1.54) is 0 Å². The first-order valence-electron chi connectivity index (χ1n) is 3.91. The molecule has 9 heteroatoms. The van der Waals surface area contributed by atoms with E-state index in [9.17, 15) is 21.6 Å². The summed E-state index contributed by atoms with van der Waals surface area (Å²) < 4.78 is 45.6. The first kappa shape index (κ1) is 14.9. The smallest absolute Gasteiger partial charge is 0.322 e. The zero-order valence-electron chi connectivity index (χ0n) is 8.37. The van der Waals surface area contributed by atoms with Crippen molar-refractivity contribution >= 4 is 25.8 Å². The van der Waals surface area contributed by atoms with Gasteiger partial charge < -0.3 is 5.11 Å². The number of hydrogen-bond donors (Lipinski definition) is 2. The Balaban J connectivity index is 4.82. The van der Waals surface area contributed by atoms with E-state index in [4.69, 9.17) is 11.5 Å². The molecule has 16 heavy (non-hydrogen) atoms. The summed E-state index contributed by atoms with van der Waals surface area (Å²) >= 11 is 0. The van der Waals surface area contributed by atoms with Gasteiger partial charge in [0.05, 0.1) is 0 Å². The van der Waals surface area contributed by atoms with E-state index in [2.05, 4.69) is 0 Å². The Labute approximate surface area is 93.8 Å². The van der Waals surface area contributed by atoms with E-state index in [-0.39, 0.29) is 6.42 Å². The SMILES string of the molecule is C#CCC(NS(=O)(=O)CS(C)(=O)=O)C(=O)O. The van der Waals surface area contributed by atoms with Crippen LogP contribution in [0, 0.1) is 12.3 Å². The Morgan fingerprint density at radius 2 is 1.94 bits per heavy atom. The normalized spacial score (nSPS) is 14.0. The molecule has 2 N–H and O–H groups in total. The van der Waals surface area contributed by atoms with Gasteiger partial charge in [0.15, 0.2) is 14.9 Å². The molecule has 7 nitrogen and oxygen atoms in total. The maximum absolute atomic E-state index is 11.2. The van der Waals surface area contributed by atoms with E-state index in [1.807, 2.05) is 5.92 Å². The third-order valence-electron chi connectivity index (χ3n) is 1.31. The quantitative estimate of drug-likeness (QED) is 0.560. The third-order valence-corrected chi connectivity index (χ3v) is 4.91. The van der Waals surface area contributed by atoms with Crippen LogP contribution in [0.4, 0.5) is 0 Å². The monoisotopic (exact) mass is 269 g/mol. The van der Waals surface area contributed by atoms with E-state index < -0.39 is 37.0 Å². The van der Waals surface area contributed by atoms with E-state index in [0.29, 0.717) is 0 Å². The van der Waals surface area contributed by atoms with Crippen molar-refractivity contribution in [2.24, 2.45) is 0 Å². The molecule has 0 aromatic rings. The standard InChI is InChI=1S/C7H11NO6S2/c1-3-4-6(7(9)10)8-16(13,14)5-15(2,11)12/h1,6,8H,4-5H2,2H3,(H,9,10). The van der Waals surface area contributed by atoms with E-state index in [0.717, 1.165) is 6.26 Å². The minimum absolute atomic E-state index is 0.363. The molecule has 0 heterocycles. The second-order valence-corrected chi connectivity index (χ2v) is 7.33. The Kier molecular flexibility index (Phi) is 4.92. The van der Waals surface area contributed by atoms with Gasteiger partial charge in [-0.05, 0) is 0 Å². The highest BCUT2D eigenvalue weighted by molar-refractivity contribution is 8.06. The summed E-state index contributed by atoms with van der Waals surface area (Å²) in [4.78, 5) is 10.6. The number of carboxylic acid groups (broad SMARTS) is 1. The molecule has 1 unspecified atom stereocenters. The van der Waals surface area contributed by atoms with Crippen molar-refractivity contribution in [3.8, 4) is 12.3 Å². The molecule has 0 amide bonds. The van der Waals surface area contributed by atoms with Crippen LogP contribution in [0.15, 0.2) is 0 Å². The summed E-state index contributed by atoms with van der Waals surface area (Å²) in [6, 6.07) is -1.52. The molecule has 1 atom stereocenters. The predicted octanol–water partition coefficient (Wildman–Crippen LogP) is -1.62. The average molecular weight is 269 g/mol. The molecule has 92 valence electrons. The highest BCUT2D eigenvalue weighted by Crippen LogP contribution is 1.98. The minimum atomic E-state index is -4.22. The van der Waals surface area contributed by atoms with Crippen LogP contribution in [0.25, 0.3) is 0 Å². The van der Waals surface area contributed by atoms with Gasteiger partial charge >= 0.3 is 5.97 Å². The molecule has 0 aromatic carbocycles. The molecule has 0 spiro atoms. The largest absolute Gasteiger partial charge is 0.480 e. The van der Waals surface area contributed by atoms with Crippen LogP contribution in [0.2, 0.25) is 0 Å². The fraction of sp³-hybridized carbons (Fsp3) is 0.571. The molecule has 0 saturated carbocycles. The molecule has 0 aliphatic carbocycles. The number of terminal acetylenes is 1. The Morgan fingerprint density at radius 1 is 1.44 bits per heavy atom. The number of sulfone groups is 1.